The van der Waals surface area contributed by atoms with Crippen LogP contribution in [0.3, 0.4) is 0 Å². The molecule has 3 aromatic heterocycles. The zero-order chi connectivity index (χ0) is 23.5. The summed E-state index contributed by atoms with van der Waals surface area (Å²) < 4.78 is 13.2. The van der Waals surface area contributed by atoms with Crippen LogP contribution in [0, 0.1) is 10.1 Å². The van der Waals surface area contributed by atoms with E-state index >= 15 is 0 Å². The third kappa shape index (κ3) is 4.49. The number of nitro benzene ring substituents is 1. The largest absolute Gasteiger partial charge is 0.490 e. The van der Waals surface area contributed by atoms with Crippen LogP contribution in [0.15, 0.2) is 54.9 Å². The van der Waals surface area contributed by atoms with E-state index < -0.39 is 16.9 Å². The first kappa shape index (κ1) is 22.2. The number of fused-ring (bicyclic) bond motifs is 1. The molecular weight excluding hydrogens is 448 g/mol. The molecule has 0 saturated carbocycles. The molecule has 0 aliphatic heterocycles. The minimum absolute atomic E-state index is 0.0710. The van der Waals surface area contributed by atoms with Crippen LogP contribution >= 0.6 is 11.3 Å². The lowest BCUT2D eigenvalue weighted by Gasteiger charge is -2.14. The highest BCUT2D eigenvalue weighted by molar-refractivity contribution is 7.17. The molecule has 0 fully saturated rings. The van der Waals surface area contributed by atoms with E-state index in [0.717, 1.165) is 11.3 Å². The summed E-state index contributed by atoms with van der Waals surface area (Å²) in [5, 5.41) is 20.4. The molecule has 4 aromatic rings. The Balaban J connectivity index is 1.71. The number of pyridine rings is 1. The normalized spacial score (nSPS) is 11.9. The molecule has 0 saturated heterocycles. The van der Waals surface area contributed by atoms with Crippen LogP contribution in [0.1, 0.15) is 28.3 Å². The first-order valence-electron chi connectivity index (χ1n) is 9.93. The van der Waals surface area contributed by atoms with E-state index in [2.05, 4.69) is 4.98 Å². The van der Waals surface area contributed by atoms with E-state index in [1.54, 1.807) is 60.1 Å². The lowest BCUT2D eigenvalue weighted by Crippen LogP contribution is -2.12. The molecular formula is C22H20N4O6S. The molecule has 0 radical (unpaired) electrons. The maximum absolute atomic E-state index is 12.1. The summed E-state index contributed by atoms with van der Waals surface area (Å²) in [5.74, 6) is 0.108. The molecule has 1 atom stereocenters. The average molecular weight is 468 g/mol. The number of para-hydroxylation sites is 1. The fourth-order valence-electron chi connectivity index (χ4n) is 3.40. The summed E-state index contributed by atoms with van der Waals surface area (Å²) >= 11 is 1.14. The number of aliphatic hydroxyl groups is 1. The molecule has 1 unspecified atom stereocenters. The molecule has 4 rings (SSSR count). The van der Waals surface area contributed by atoms with E-state index in [1.165, 1.54) is 6.07 Å². The van der Waals surface area contributed by atoms with Crippen molar-refractivity contribution in [2.24, 2.45) is 5.73 Å². The molecule has 11 heteroatoms. The molecule has 33 heavy (non-hydrogen) atoms. The Labute approximate surface area is 192 Å². The zero-order valence-electron chi connectivity index (χ0n) is 17.5. The number of thiophene rings is 1. The van der Waals surface area contributed by atoms with Crippen LogP contribution in [0.2, 0.25) is 0 Å². The van der Waals surface area contributed by atoms with Gasteiger partial charge in [-0.05, 0) is 25.1 Å². The number of carbonyl (C=O) groups excluding carboxylic acids is 1. The van der Waals surface area contributed by atoms with Crippen molar-refractivity contribution in [2.75, 3.05) is 13.2 Å². The van der Waals surface area contributed by atoms with Gasteiger partial charge in [0.2, 0.25) is 0 Å². The Morgan fingerprint density at radius 1 is 1.33 bits per heavy atom. The lowest BCUT2D eigenvalue weighted by atomic mass is 10.1. The fourth-order valence-corrected chi connectivity index (χ4v) is 4.35. The number of aliphatic hydroxyl groups excluding tert-OH is 1. The van der Waals surface area contributed by atoms with E-state index in [1.807, 2.05) is 0 Å². The standard InChI is InChI=1S/C22H20N4O6S/c1-13(15-4-2-3-5-16(15)26(29)30)32-18-10-19(33-21(18)22(23)28)17-11-24-20-7-6-14(12-25(17)20)31-9-8-27/h2-7,10-13,27H,8-9H2,1H3,(H2,23,28). The number of nitrogens with two attached hydrogens (primary N) is 1. The van der Waals surface area contributed by atoms with Crippen LogP contribution in [0.5, 0.6) is 11.5 Å². The first-order chi connectivity index (χ1) is 15.9. The van der Waals surface area contributed by atoms with Gasteiger partial charge in [-0.3, -0.25) is 19.3 Å². The summed E-state index contributed by atoms with van der Waals surface area (Å²) in [7, 11) is 0. The Morgan fingerprint density at radius 3 is 2.85 bits per heavy atom. The Hall–Kier alpha value is -3.96. The van der Waals surface area contributed by atoms with Gasteiger partial charge in [-0.2, -0.15) is 0 Å². The fraction of sp³-hybridized carbons (Fsp3) is 0.182. The smallest absolute Gasteiger partial charge is 0.276 e. The third-order valence-corrected chi connectivity index (χ3v) is 6.04. The monoisotopic (exact) mass is 468 g/mol. The van der Waals surface area contributed by atoms with Crippen molar-refractivity contribution in [3.63, 3.8) is 0 Å². The lowest BCUT2D eigenvalue weighted by molar-refractivity contribution is -0.386. The van der Waals surface area contributed by atoms with Gasteiger partial charge in [0.05, 0.1) is 40.1 Å². The predicted molar refractivity (Wildman–Crippen MR) is 122 cm³/mol. The highest BCUT2D eigenvalue weighted by Crippen LogP contribution is 2.39. The highest BCUT2D eigenvalue weighted by Gasteiger charge is 2.24. The topological polar surface area (TPSA) is 142 Å². The number of rotatable bonds is 9. The van der Waals surface area contributed by atoms with Gasteiger partial charge in [-0.1, -0.05) is 12.1 Å². The van der Waals surface area contributed by atoms with Gasteiger partial charge >= 0.3 is 0 Å². The van der Waals surface area contributed by atoms with Crippen molar-refractivity contribution in [3.8, 4) is 22.1 Å². The number of imidazole rings is 1. The van der Waals surface area contributed by atoms with Crippen LogP contribution in [-0.2, 0) is 0 Å². The first-order valence-corrected chi connectivity index (χ1v) is 10.8. The predicted octanol–water partition coefficient (Wildman–Crippen LogP) is 3.58. The molecule has 3 heterocycles. The number of carbonyl (C=O) groups is 1. The van der Waals surface area contributed by atoms with Crippen molar-refractivity contribution < 1.29 is 24.3 Å². The van der Waals surface area contributed by atoms with E-state index in [4.69, 9.17) is 20.3 Å². The number of ether oxygens (including phenoxy) is 2. The number of benzene rings is 1. The van der Waals surface area contributed by atoms with Gasteiger partial charge in [0.1, 0.15) is 34.7 Å². The highest BCUT2D eigenvalue weighted by atomic mass is 32.1. The second-order valence-corrected chi connectivity index (χ2v) is 8.10. The Morgan fingerprint density at radius 2 is 2.12 bits per heavy atom. The van der Waals surface area contributed by atoms with Crippen molar-refractivity contribution >= 4 is 28.6 Å². The van der Waals surface area contributed by atoms with Gasteiger partial charge in [-0.15, -0.1) is 11.3 Å². The van der Waals surface area contributed by atoms with Crippen LogP contribution in [0.4, 0.5) is 5.69 Å². The molecule has 0 aliphatic carbocycles. The summed E-state index contributed by atoms with van der Waals surface area (Å²) in [5.41, 5.74) is 7.23. The molecule has 0 spiro atoms. The van der Waals surface area contributed by atoms with Crippen molar-refractivity contribution in [2.45, 2.75) is 13.0 Å². The number of amides is 1. The molecule has 10 nitrogen and oxygen atoms in total. The second-order valence-electron chi connectivity index (χ2n) is 7.05. The number of primary amides is 1. The van der Waals surface area contributed by atoms with Crippen LogP contribution < -0.4 is 15.2 Å². The maximum atomic E-state index is 12.1. The number of nitro groups is 1. The quantitative estimate of drug-likeness (QED) is 0.282. The van der Waals surface area contributed by atoms with Crippen LogP contribution in [-0.4, -0.2) is 38.5 Å². The SMILES string of the molecule is CC(Oc1cc(-c2cnc3ccc(OCCO)cn23)sc1C(N)=O)c1ccccc1[N+](=O)[O-]. The summed E-state index contributed by atoms with van der Waals surface area (Å²) in [6, 6.07) is 11.5. The van der Waals surface area contributed by atoms with E-state index in [-0.39, 0.29) is 29.5 Å². The second kappa shape index (κ2) is 9.27. The maximum Gasteiger partial charge on any atom is 0.276 e. The van der Waals surface area contributed by atoms with Gasteiger partial charge in [0, 0.05) is 12.1 Å². The van der Waals surface area contributed by atoms with Crippen LogP contribution in [0.25, 0.3) is 16.2 Å². The number of hydrogen-bond donors (Lipinski definition) is 2. The summed E-state index contributed by atoms with van der Waals surface area (Å²) in [4.78, 5) is 28.2. The van der Waals surface area contributed by atoms with Crippen molar-refractivity contribution in [1.29, 1.82) is 0 Å². The van der Waals surface area contributed by atoms with Gasteiger partial charge in [-0.25, -0.2) is 4.98 Å². The minimum Gasteiger partial charge on any atom is -0.490 e. The Bertz CT molecular complexity index is 1330. The van der Waals surface area contributed by atoms with Crippen molar-refractivity contribution in [3.05, 3.63) is 75.4 Å². The van der Waals surface area contributed by atoms with Gasteiger partial charge < -0.3 is 20.3 Å². The molecule has 1 aromatic carbocycles. The van der Waals surface area contributed by atoms with Gasteiger partial charge in [0.15, 0.2) is 0 Å². The molecule has 0 aliphatic rings. The van der Waals surface area contributed by atoms with E-state index in [0.29, 0.717) is 27.5 Å². The third-order valence-electron chi connectivity index (χ3n) is 4.89. The number of nitrogens with zero attached hydrogens (tertiary/aromatic N) is 3. The minimum atomic E-state index is -0.701. The van der Waals surface area contributed by atoms with E-state index in [9.17, 15) is 14.9 Å². The zero-order valence-corrected chi connectivity index (χ0v) is 18.3. The van der Waals surface area contributed by atoms with Crippen molar-refractivity contribution in [1.82, 2.24) is 9.38 Å². The van der Waals surface area contributed by atoms with Gasteiger partial charge in [0.25, 0.3) is 11.6 Å². The summed E-state index contributed by atoms with van der Waals surface area (Å²) in [6.07, 6.45) is 2.68. The Kier molecular flexibility index (Phi) is 6.24. The molecule has 3 N–H and O–H groups in total. The number of aromatic nitrogens is 2. The summed E-state index contributed by atoms with van der Waals surface area (Å²) in [6.45, 7) is 1.71. The molecule has 1 amide bonds. The number of hydrogen-bond acceptors (Lipinski definition) is 8. The average Bonchev–Trinajstić information content (AvgIpc) is 3.41. The molecule has 0 bridgehead atoms. The molecule has 170 valence electrons.